The second-order valence-electron chi connectivity index (χ2n) is 4.46. The molecule has 1 atom stereocenters. The summed E-state index contributed by atoms with van der Waals surface area (Å²) in [6, 6.07) is 19.0. The third-order valence-electron chi connectivity index (χ3n) is 3.11. The van der Waals surface area contributed by atoms with Gasteiger partial charge in [0.15, 0.2) is 0 Å². The van der Waals surface area contributed by atoms with Crippen molar-refractivity contribution in [1.29, 1.82) is 5.26 Å². The van der Waals surface area contributed by atoms with Gasteiger partial charge in [-0.2, -0.15) is 5.26 Å². The number of benzene rings is 2. The van der Waals surface area contributed by atoms with E-state index in [4.69, 9.17) is 5.26 Å². The standard InChI is InChI=1S/C10H8.C7H9N/c1-2-6-10-8-4-3-7-9(10)5-1;8-6-7-4-2-1-3-5-7/h1-8H;1-2,7H,3-5H2. The Morgan fingerprint density at radius 2 is 1.44 bits per heavy atom. The van der Waals surface area contributed by atoms with Crippen LogP contribution in [0, 0.1) is 17.2 Å². The molecule has 18 heavy (non-hydrogen) atoms. The number of nitriles is 1. The summed E-state index contributed by atoms with van der Waals surface area (Å²) < 4.78 is 0. The monoisotopic (exact) mass is 235 g/mol. The Balaban J connectivity index is 0.000000138. The Hall–Kier alpha value is -2.07. The first kappa shape index (κ1) is 12.4. The van der Waals surface area contributed by atoms with Crippen LogP contribution in [0.3, 0.4) is 0 Å². The molecule has 0 aliphatic heterocycles. The first-order valence-corrected chi connectivity index (χ1v) is 6.38. The zero-order valence-corrected chi connectivity index (χ0v) is 10.4. The summed E-state index contributed by atoms with van der Waals surface area (Å²) in [5, 5.41) is 11.0. The largest absolute Gasteiger partial charge is 0.198 e. The highest BCUT2D eigenvalue weighted by atomic mass is 14.3. The summed E-state index contributed by atoms with van der Waals surface area (Å²) in [7, 11) is 0. The van der Waals surface area contributed by atoms with E-state index in [2.05, 4.69) is 66.8 Å². The van der Waals surface area contributed by atoms with Gasteiger partial charge >= 0.3 is 0 Å². The minimum Gasteiger partial charge on any atom is -0.198 e. The lowest BCUT2D eigenvalue weighted by molar-refractivity contribution is 0.596. The average Bonchev–Trinajstić information content (AvgIpc) is 2.49. The van der Waals surface area contributed by atoms with Crippen molar-refractivity contribution in [2.45, 2.75) is 19.3 Å². The van der Waals surface area contributed by atoms with Crippen LogP contribution >= 0.6 is 0 Å². The Bertz CT molecular complexity index is 498. The molecule has 1 aliphatic rings. The molecule has 1 unspecified atom stereocenters. The third kappa shape index (κ3) is 3.46. The molecule has 2 aromatic rings. The first-order chi connectivity index (χ1) is 8.90. The number of allylic oxidation sites excluding steroid dienone is 2. The zero-order chi connectivity index (χ0) is 12.6. The van der Waals surface area contributed by atoms with Gasteiger partial charge in [0, 0.05) is 0 Å². The van der Waals surface area contributed by atoms with E-state index < -0.39 is 0 Å². The van der Waals surface area contributed by atoms with E-state index in [9.17, 15) is 0 Å². The maximum Gasteiger partial charge on any atom is 0.0659 e. The van der Waals surface area contributed by atoms with Crippen molar-refractivity contribution >= 4 is 10.8 Å². The maximum absolute atomic E-state index is 8.41. The van der Waals surface area contributed by atoms with Gasteiger partial charge in [-0.3, -0.25) is 0 Å². The Morgan fingerprint density at radius 3 is 1.78 bits per heavy atom. The van der Waals surface area contributed by atoms with Crippen LogP contribution in [-0.2, 0) is 0 Å². The van der Waals surface area contributed by atoms with Crippen molar-refractivity contribution in [3.63, 3.8) is 0 Å². The van der Waals surface area contributed by atoms with Crippen LogP contribution in [0.15, 0.2) is 60.7 Å². The van der Waals surface area contributed by atoms with Gasteiger partial charge in [-0.25, -0.2) is 0 Å². The number of nitrogens with zero attached hydrogens (tertiary/aromatic N) is 1. The van der Waals surface area contributed by atoms with Crippen LogP contribution in [-0.4, -0.2) is 0 Å². The number of hydrogen-bond donors (Lipinski definition) is 0. The Kier molecular flexibility index (Phi) is 4.55. The highest BCUT2D eigenvalue weighted by Crippen LogP contribution is 2.16. The van der Waals surface area contributed by atoms with Gasteiger partial charge in [0.1, 0.15) is 0 Å². The molecule has 1 heteroatoms. The van der Waals surface area contributed by atoms with E-state index in [1.165, 1.54) is 10.8 Å². The maximum atomic E-state index is 8.41. The molecular formula is C17H17N. The van der Waals surface area contributed by atoms with E-state index in [0.29, 0.717) is 5.92 Å². The molecule has 0 aromatic heterocycles. The second-order valence-corrected chi connectivity index (χ2v) is 4.46. The summed E-state index contributed by atoms with van der Waals surface area (Å²) in [6.07, 6.45) is 7.37. The molecule has 0 bridgehead atoms. The molecule has 90 valence electrons. The van der Waals surface area contributed by atoms with Crippen molar-refractivity contribution in [3.05, 3.63) is 60.7 Å². The smallest absolute Gasteiger partial charge is 0.0659 e. The van der Waals surface area contributed by atoms with Gasteiger partial charge < -0.3 is 0 Å². The molecular weight excluding hydrogens is 218 g/mol. The van der Waals surface area contributed by atoms with Crippen LogP contribution in [0.5, 0.6) is 0 Å². The molecule has 0 heterocycles. The quantitative estimate of drug-likeness (QED) is 0.607. The van der Waals surface area contributed by atoms with Crippen LogP contribution < -0.4 is 0 Å². The molecule has 2 aromatic carbocycles. The number of fused-ring (bicyclic) bond motifs is 1. The van der Waals surface area contributed by atoms with Gasteiger partial charge in [-0.15, -0.1) is 0 Å². The van der Waals surface area contributed by atoms with Crippen LogP contribution in [0.2, 0.25) is 0 Å². The molecule has 1 nitrogen and oxygen atoms in total. The predicted molar refractivity (Wildman–Crippen MR) is 76.0 cm³/mol. The Labute approximate surface area is 108 Å². The molecule has 0 saturated carbocycles. The molecule has 0 saturated heterocycles. The van der Waals surface area contributed by atoms with Crippen LogP contribution in [0.1, 0.15) is 19.3 Å². The van der Waals surface area contributed by atoms with E-state index >= 15 is 0 Å². The second kappa shape index (κ2) is 6.61. The molecule has 0 radical (unpaired) electrons. The summed E-state index contributed by atoms with van der Waals surface area (Å²) in [5.74, 6) is 0.306. The highest BCUT2D eigenvalue weighted by Gasteiger charge is 2.06. The van der Waals surface area contributed by atoms with E-state index in [1.54, 1.807) is 0 Å². The van der Waals surface area contributed by atoms with Crippen molar-refractivity contribution in [3.8, 4) is 6.07 Å². The fourth-order valence-corrected chi connectivity index (χ4v) is 2.04. The zero-order valence-electron chi connectivity index (χ0n) is 10.4. The van der Waals surface area contributed by atoms with Crippen LogP contribution in [0.25, 0.3) is 10.8 Å². The van der Waals surface area contributed by atoms with Gasteiger partial charge in [-0.05, 0) is 30.0 Å². The lowest BCUT2D eigenvalue weighted by Crippen LogP contribution is -1.97. The fourth-order valence-electron chi connectivity index (χ4n) is 2.04. The summed E-state index contributed by atoms with van der Waals surface area (Å²) in [6.45, 7) is 0. The van der Waals surface area contributed by atoms with Gasteiger partial charge in [0.25, 0.3) is 0 Å². The van der Waals surface area contributed by atoms with Gasteiger partial charge in [0.05, 0.1) is 12.0 Å². The van der Waals surface area contributed by atoms with Crippen molar-refractivity contribution in [1.82, 2.24) is 0 Å². The van der Waals surface area contributed by atoms with Crippen molar-refractivity contribution in [2.24, 2.45) is 5.92 Å². The van der Waals surface area contributed by atoms with E-state index in [-0.39, 0.29) is 0 Å². The number of rotatable bonds is 0. The molecule has 3 rings (SSSR count). The van der Waals surface area contributed by atoms with E-state index in [1.807, 2.05) is 0 Å². The lowest BCUT2D eigenvalue weighted by atomic mass is 9.96. The normalized spacial score (nSPS) is 17.6. The number of hydrogen-bond acceptors (Lipinski definition) is 1. The minimum atomic E-state index is 0.306. The van der Waals surface area contributed by atoms with Crippen LogP contribution in [0.4, 0.5) is 0 Å². The molecule has 1 aliphatic carbocycles. The molecule has 0 spiro atoms. The molecule has 0 N–H and O–H groups in total. The Morgan fingerprint density at radius 1 is 0.889 bits per heavy atom. The van der Waals surface area contributed by atoms with Crippen molar-refractivity contribution in [2.75, 3.05) is 0 Å². The summed E-state index contributed by atoms with van der Waals surface area (Å²) >= 11 is 0. The lowest BCUT2D eigenvalue weighted by Gasteiger charge is -2.06. The summed E-state index contributed by atoms with van der Waals surface area (Å²) in [5.41, 5.74) is 0. The third-order valence-corrected chi connectivity index (χ3v) is 3.11. The summed E-state index contributed by atoms with van der Waals surface area (Å²) in [4.78, 5) is 0. The first-order valence-electron chi connectivity index (χ1n) is 6.38. The average molecular weight is 235 g/mol. The minimum absolute atomic E-state index is 0.306. The molecule has 0 fully saturated rings. The van der Waals surface area contributed by atoms with Crippen molar-refractivity contribution < 1.29 is 0 Å². The molecule has 0 amide bonds. The predicted octanol–water partition coefficient (Wildman–Crippen LogP) is 4.71. The highest BCUT2D eigenvalue weighted by molar-refractivity contribution is 5.81. The van der Waals surface area contributed by atoms with Gasteiger partial charge in [-0.1, -0.05) is 60.7 Å². The van der Waals surface area contributed by atoms with Gasteiger partial charge in [0.2, 0.25) is 0 Å². The fraction of sp³-hybridized carbons (Fsp3) is 0.235. The SMILES string of the molecule is N#CC1CC=CCC1.c1ccc2ccccc2c1. The topological polar surface area (TPSA) is 23.8 Å². The van der Waals surface area contributed by atoms with E-state index in [0.717, 1.165) is 19.3 Å².